The van der Waals surface area contributed by atoms with Gasteiger partial charge in [-0.05, 0) is 25.7 Å². The van der Waals surface area contributed by atoms with E-state index in [1.807, 2.05) is 5.92 Å². The molecule has 0 aliphatic rings. The van der Waals surface area contributed by atoms with E-state index in [0.717, 1.165) is 5.92 Å². The van der Waals surface area contributed by atoms with Crippen molar-refractivity contribution in [1.29, 1.82) is 0 Å². The average Bonchev–Trinajstić information content (AvgIpc) is 2.28. The Bertz CT molecular complexity index is 361. The van der Waals surface area contributed by atoms with Gasteiger partial charge in [-0.1, -0.05) is 25.7 Å². The van der Waals surface area contributed by atoms with Crippen LogP contribution in [0.25, 0.3) is 0 Å². The van der Waals surface area contributed by atoms with E-state index in [1.54, 1.807) is 6.92 Å². The van der Waals surface area contributed by atoms with Crippen molar-refractivity contribution in [2.75, 3.05) is 0 Å². The summed E-state index contributed by atoms with van der Waals surface area (Å²) in [6.45, 7) is 2.96. The number of aliphatic hydroxyl groups excluding tert-OH is 1. The van der Waals surface area contributed by atoms with E-state index in [1.165, 1.54) is 6.92 Å². The van der Waals surface area contributed by atoms with Crippen molar-refractivity contribution in [3.05, 3.63) is 0 Å². The Balaban J connectivity index is 4.76. The molecule has 2 unspecified atom stereocenters. The molecular formula is C13H18F6O2. The highest BCUT2D eigenvalue weighted by atomic mass is 19.4. The minimum Gasteiger partial charge on any atom is -0.393 e. The van der Waals surface area contributed by atoms with E-state index in [9.17, 15) is 26.3 Å². The Morgan fingerprint density at radius 3 is 1.71 bits per heavy atom. The first-order chi connectivity index (χ1) is 9.31. The number of rotatable bonds is 5. The third kappa shape index (κ3) is 6.14. The van der Waals surface area contributed by atoms with E-state index < -0.39 is 30.0 Å². The third-order valence-electron chi connectivity index (χ3n) is 2.83. The fourth-order valence-corrected chi connectivity index (χ4v) is 1.49. The molecule has 0 aliphatic heterocycles. The number of unbranched alkanes of at least 4 members (excludes halogenated alkanes) is 1. The van der Waals surface area contributed by atoms with Gasteiger partial charge in [-0.2, -0.15) is 26.3 Å². The van der Waals surface area contributed by atoms with Crippen molar-refractivity contribution >= 4 is 0 Å². The minimum atomic E-state index is -5.91. The molecule has 21 heavy (non-hydrogen) atoms. The summed E-state index contributed by atoms with van der Waals surface area (Å²) in [5.74, 6) is 2.03. The molecule has 0 amide bonds. The van der Waals surface area contributed by atoms with Gasteiger partial charge in [0.2, 0.25) is 0 Å². The second kappa shape index (κ2) is 7.36. The third-order valence-corrected chi connectivity index (χ3v) is 2.83. The van der Waals surface area contributed by atoms with Crippen molar-refractivity contribution < 1.29 is 36.6 Å². The number of halogens is 6. The summed E-state index contributed by atoms with van der Waals surface area (Å²) in [6.07, 6.45) is -10.5. The van der Waals surface area contributed by atoms with Crippen molar-refractivity contribution in [3.8, 4) is 11.8 Å². The maximum atomic E-state index is 12.3. The molecule has 0 heterocycles. The van der Waals surface area contributed by atoms with Crippen LogP contribution in [0, 0.1) is 17.8 Å². The quantitative estimate of drug-likeness (QED) is 0.463. The van der Waals surface area contributed by atoms with Crippen molar-refractivity contribution in [3.63, 3.8) is 0 Å². The zero-order valence-electron chi connectivity index (χ0n) is 11.6. The molecule has 0 rings (SSSR count). The number of hydrogen-bond acceptors (Lipinski definition) is 2. The van der Waals surface area contributed by atoms with E-state index in [-0.39, 0.29) is 6.42 Å². The monoisotopic (exact) mass is 320 g/mol. The van der Waals surface area contributed by atoms with E-state index in [2.05, 4.69) is 0 Å². The number of alkyl halides is 6. The van der Waals surface area contributed by atoms with Gasteiger partial charge >= 0.3 is 18.0 Å². The maximum Gasteiger partial charge on any atom is 0.438 e. The molecule has 8 heteroatoms. The normalized spacial score (nSPS) is 16.1. The highest BCUT2D eigenvalue weighted by molar-refractivity contribution is 5.21. The largest absolute Gasteiger partial charge is 0.438 e. The van der Waals surface area contributed by atoms with Crippen LogP contribution in [-0.4, -0.2) is 34.3 Å². The van der Waals surface area contributed by atoms with Crippen LogP contribution in [0.4, 0.5) is 26.3 Å². The first-order valence-corrected chi connectivity index (χ1v) is 6.38. The molecule has 0 radical (unpaired) electrons. The maximum absolute atomic E-state index is 12.3. The lowest BCUT2D eigenvalue weighted by molar-refractivity contribution is -0.343. The Kier molecular flexibility index (Phi) is 7.03. The standard InChI is InChI=1S/C13H18F6O2/c1-9(5-3-4-6-10(2)20)7-8-11(21,12(14,15)16)13(17,18)19/h9-10,20-21H,3-6H2,1-2H3. The molecule has 0 fully saturated rings. The molecule has 0 bridgehead atoms. The van der Waals surface area contributed by atoms with Crippen LogP contribution in [-0.2, 0) is 0 Å². The first-order valence-electron chi connectivity index (χ1n) is 6.38. The molecule has 124 valence electrons. The van der Waals surface area contributed by atoms with Gasteiger partial charge < -0.3 is 10.2 Å². The predicted molar refractivity (Wildman–Crippen MR) is 64.1 cm³/mol. The fourth-order valence-electron chi connectivity index (χ4n) is 1.49. The summed E-state index contributed by atoms with van der Waals surface area (Å²) in [7, 11) is 0. The molecule has 2 N–H and O–H groups in total. The van der Waals surface area contributed by atoms with Gasteiger partial charge in [0.05, 0.1) is 6.10 Å². The van der Waals surface area contributed by atoms with Crippen LogP contribution in [0.5, 0.6) is 0 Å². The molecule has 0 spiro atoms. The van der Waals surface area contributed by atoms with Gasteiger partial charge in [0.15, 0.2) is 0 Å². The predicted octanol–water partition coefficient (Wildman–Crippen LogP) is 3.42. The molecule has 0 saturated carbocycles. The number of aliphatic hydroxyl groups is 2. The van der Waals surface area contributed by atoms with E-state index >= 15 is 0 Å². The molecule has 0 aromatic rings. The van der Waals surface area contributed by atoms with Gasteiger partial charge in [-0.25, -0.2) is 0 Å². The van der Waals surface area contributed by atoms with Crippen molar-refractivity contribution in [2.24, 2.45) is 5.92 Å². The lowest BCUT2D eigenvalue weighted by Crippen LogP contribution is -2.55. The highest BCUT2D eigenvalue weighted by Crippen LogP contribution is 2.42. The summed E-state index contributed by atoms with van der Waals surface area (Å²) in [5, 5.41) is 17.8. The number of hydrogen-bond donors (Lipinski definition) is 2. The van der Waals surface area contributed by atoms with Crippen LogP contribution < -0.4 is 0 Å². The lowest BCUT2D eigenvalue weighted by Gasteiger charge is -2.27. The van der Waals surface area contributed by atoms with Gasteiger partial charge in [-0.15, -0.1) is 0 Å². The SMILES string of the molecule is CC(O)CCCCC(C)C#CC(O)(C(F)(F)F)C(F)(F)F. The Morgan fingerprint density at radius 1 is 0.905 bits per heavy atom. The van der Waals surface area contributed by atoms with Crippen LogP contribution in [0.3, 0.4) is 0 Å². The second-order valence-corrected chi connectivity index (χ2v) is 5.01. The van der Waals surface area contributed by atoms with Crippen LogP contribution in [0.2, 0.25) is 0 Å². The zero-order chi connectivity index (χ0) is 16.9. The van der Waals surface area contributed by atoms with Crippen LogP contribution in [0.1, 0.15) is 39.5 Å². The Hall–Kier alpha value is -0.940. The van der Waals surface area contributed by atoms with Crippen molar-refractivity contribution in [1.82, 2.24) is 0 Å². The Morgan fingerprint density at radius 2 is 1.33 bits per heavy atom. The lowest BCUT2D eigenvalue weighted by atomic mass is 9.99. The Labute approximate surface area is 119 Å². The van der Waals surface area contributed by atoms with Gasteiger partial charge in [0.25, 0.3) is 0 Å². The topological polar surface area (TPSA) is 40.5 Å². The summed E-state index contributed by atoms with van der Waals surface area (Å²) < 4.78 is 74.1. The van der Waals surface area contributed by atoms with Gasteiger partial charge in [0.1, 0.15) is 0 Å². The fraction of sp³-hybridized carbons (Fsp3) is 0.846. The van der Waals surface area contributed by atoms with E-state index in [0.29, 0.717) is 19.3 Å². The molecule has 0 aromatic carbocycles. The van der Waals surface area contributed by atoms with Gasteiger partial charge in [-0.3, -0.25) is 0 Å². The second-order valence-electron chi connectivity index (χ2n) is 5.01. The zero-order valence-corrected chi connectivity index (χ0v) is 11.6. The van der Waals surface area contributed by atoms with Gasteiger partial charge in [0, 0.05) is 5.92 Å². The highest BCUT2D eigenvalue weighted by Gasteiger charge is 2.70. The summed E-state index contributed by atoms with van der Waals surface area (Å²) in [5.41, 5.74) is -5.01. The molecule has 0 aromatic heterocycles. The molecule has 2 nitrogen and oxygen atoms in total. The molecule has 0 saturated heterocycles. The minimum absolute atomic E-state index is 0.283. The summed E-state index contributed by atoms with van der Waals surface area (Å²) in [4.78, 5) is 0. The average molecular weight is 320 g/mol. The van der Waals surface area contributed by atoms with Crippen molar-refractivity contribution in [2.45, 2.75) is 63.6 Å². The van der Waals surface area contributed by atoms with Crippen LogP contribution in [0.15, 0.2) is 0 Å². The molecular weight excluding hydrogens is 302 g/mol. The van der Waals surface area contributed by atoms with Crippen LogP contribution >= 0.6 is 0 Å². The van der Waals surface area contributed by atoms with E-state index in [4.69, 9.17) is 10.2 Å². The molecule has 2 atom stereocenters. The molecule has 0 aliphatic carbocycles. The summed E-state index contributed by atoms with van der Waals surface area (Å²) >= 11 is 0. The summed E-state index contributed by atoms with van der Waals surface area (Å²) in [6, 6.07) is 0. The smallest absolute Gasteiger partial charge is 0.393 e. The first kappa shape index (κ1) is 20.1.